The van der Waals surface area contributed by atoms with Gasteiger partial charge in [-0.3, -0.25) is 0 Å². The molecular weight excluding hydrogens is 279 g/mol. The summed E-state index contributed by atoms with van der Waals surface area (Å²) < 4.78 is 19.5. The first-order chi connectivity index (χ1) is 10.7. The average molecular weight is 296 g/mol. The van der Waals surface area contributed by atoms with Gasteiger partial charge in [-0.15, -0.1) is 0 Å². The third-order valence-corrected chi connectivity index (χ3v) is 6.35. The molecule has 0 bridgehead atoms. The lowest BCUT2D eigenvalue weighted by atomic mass is 9.88. The van der Waals surface area contributed by atoms with Crippen LogP contribution in [-0.4, -0.2) is 23.9 Å². The summed E-state index contributed by atoms with van der Waals surface area (Å²) in [6, 6.07) is 8.79. The summed E-state index contributed by atoms with van der Waals surface area (Å²) in [5.74, 6) is 0.932. The quantitative estimate of drug-likeness (QED) is 0.871. The lowest BCUT2D eigenvalue weighted by molar-refractivity contribution is 0.137. The lowest BCUT2D eigenvalue weighted by Crippen LogP contribution is -2.26. The number of hydrogen-bond donors (Lipinski definition) is 0. The molecule has 3 aliphatic rings. The summed E-state index contributed by atoms with van der Waals surface area (Å²) in [5.41, 5.74) is 3.94. The van der Waals surface area contributed by atoms with Gasteiger partial charge in [-0.25, -0.2) is 4.39 Å². The summed E-state index contributed by atoms with van der Waals surface area (Å²) in [5, 5.41) is 8.85. The molecule has 0 N–H and O–H groups in total. The second-order valence-electron chi connectivity index (χ2n) is 6.94. The van der Waals surface area contributed by atoms with Crippen LogP contribution >= 0.6 is 0 Å². The summed E-state index contributed by atoms with van der Waals surface area (Å²) in [6.45, 7) is 3.00. The van der Waals surface area contributed by atoms with Gasteiger partial charge in [-0.05, 0) is 47.4 Å². The predicted octanol–water partition coefficient (Wildman–Crippen LogP) is 3.30. The van der Waals surface area contributed by atoms with Crippen LogP contribution in [0.1, 0.15) is 30.5 Å². The van der Waals surface area contributed by atoms with Crippen LogP contribution in [0.15, 0.2) is 30.3 Å². The number of fused-ring (bicyclic) bond motifs is 3. The molecule has 3 nitrogen and oxygen atoms in total. The molecule has 4 unspecified atom stereocenters. The summed E-state index contributed by atoms with van der Waals surface area (Å²) in [7, 11) is 1.75. The van der Waals surface area contributed by atoms with Crippen LogP contribution in [0.2, 0.25) is 0 Å². The first kappa shape index (κ1) is 12.7. The highest BCUT2D eigenvalue weighted by Gasteiger charge is 2.94. The van der Waals surface area contributed by atoms with E-state index in [9.17, 15) is 4.39 Å². The van der Waals surface area contributed by atoms with E-state index < -0.39 is 0 Å². The first-order valence-corrected chi connectivity index (χ1v) is 7.79. The minimum atomic E-state index is -0.248. The molecule has 2 saturated carbocycles. The molecule has 1 aromatic heterocycles. The summed E-state index contributed by atoms with van der Waals surface area (Å²) in [4.78, 5) is 0. The largest absolute Gasteiger partial charge is 0.384 e. The molecule has 3 aliphatic carbocycles. The summed E-state index contributed by atoms with van der Waals surface area (Å²) >= 11 is 0. The fourth-order valence-electron chi connectivity index (χ4n) is 5.16. The van der Waals surface area contributed by atoms with Crippen molar-refractivity contribution in [2.75, 3.05) is 13.7 Å². The third kappa shape index (κ3) is 1.16. The Hall–Kier alpha value is -1.81. The minimum Gasteiger partial charge on any atom is -0.384 e. The zero-order valence-corrected chi connectivity index (χ0v) is 12.6. The van der Waals surface area contributed by atoms with Gasteiger partial charge in [-0.2, -0.15) is 10.2 Å². The van der Waals surface area contributed by atoms with E-state index in [2.05, 4.69) is 17.1 Å². The number of ether oxygens (including phenoxy) is 1. The third-order valence-electron chi connectivity index (χ3n) is 6.35. The number of hydrogen-bond acceptors (Lipinski definition) is 3. The van der Waals surface area contributed by atoms with Gasteiger partial charge >= 0.3 is 0 Å². The van der Waals surface area contributed by atoms with Gasteiger partial charge < -0.3 is 4.74 Å². The Morgan fingerprint density at radius 1 is 1.32 bits per heavy atom. The maximum atomic E-state index is 14.0. The van der Waals surface area contributed by atoms with Crippen molar-refractivity contribution in [1.82, 2.24) is 10.2 Å². The van der Waals surface area contributed by atoms with E-state index in [1.165, 1.54) is 18.1 Å². The molecule has 1 spiro atoms. The topological polar surface area (TPSA) is 35.0 Å². The highest BCUT2D eigenvalue weighted by atomic mass is 19.1. The van der Waals surface area contributed by atoms with Crippen LogP contribution < -0.4 is 0 Å². The SMILES string of the molecule is COCC12c3nnc(-c4ccccc4F)cc3C(C)C13CC23. The smallest absolute Gasteiger partial charge is 0.132 e. The van der Waals surface area contributed by atoms with E-state index in [-0.39, 0.29) is 11.2 Å². The van der Waals surface area contributed by atoms with Crippen LogP contribution in [0.25, 0.3) is 11.3 Å². The van der Waals surface area contributed by atoms with Gasteiger partial charge in [0.25, 0.3) is 0 Å². The number of halogens is 1. The van der Waals surface area contributed by atoms with Crippen molar-refractivity contribution in [3.05, 3.63) is 47.4 Å². The molecule has 112 valence electrons. The Morgan fingerprint density at radius 3 is 2.86 bits per heavy atom. The van der Waals surface area contributed by atoms with E-state index in [4.69, 9.17) is 4.74 Å². The van der Waals surface area contributed by atoms with Crippen molar-refractivity contribution < 1.29 is 9.13 Å². The van der Waals surface area contributed by atoms with Gasteiger partial charge in [0.2, 0.25) is 0 Å². The van der Waals surface area contributed by atoms with Crippen molar-refractivity contribution in [3.63, 3.8) is 0 Å². The molecule has 0 amide bonds. The van der Waals surface area contributed by atoms with Crippen LogP contribution in [-0.2, 0) is 10.2 Å². The zero-order chi connectivity index (χ0) is 15.1. The Labute approximate surface area is 128 Å². The molecule has 22 heavy (non-hydrogen) atoms. The number of benzene rings is 1. The molecule has 4 atom stereocenters. The standard InChI is InChI=1S/C18H17FN2O/c1-10-12-7-14(11-5-3-4-6-13(11)19)20-21-16(12)18(9-22-2)15-8-17(10,15)18/h3-7,10,15H,8-9H2,1-2H3. The zero-order valence-electron chi connectivity index (χ0n) is 12.6. The maximum Gasteiger partial charge on any atom is 0.132 e. The predicted molar refractivity (Wildman–Crippen MR) is 79.9 cm³/mol. The van der Waals surface area contributed by atoms with Gasteiger partial charge in [0.05, 0.1) is 18.0 Å². The van der Waals surface area contributed by atoms with E-state index >= 15 is 0 Å². The van der Waals surface area contributed by atoms with Crippen LogP contribution in [0.4, 0.5) is 4.39 Å². The monoisotopic (exact) mass is 296 g/mol. The molecule has 0 saturated heterocycles. The summed E-state index contributed by atoms with van der Waals surface area (Å²) in [6.07, 6.45) is 1.27. The van der Waals surface area contributed by atoms with Gasteiger partial charge in [0, 0.05) is 18.1 Å². The molecular formula is C18H17FN2O. The molecule has 2 fully saturated rings. The van der Waals surface area contributed by atoms with Gasteiger partial charge in [-0.1, -0.05) is 19.1 Å². The minimum absolute atomic E-state index is 0.0945. The van der Waals surface area contributed by atoms with Gasteiger partial charge in [0.1, 0.15) is 5.82 Å². The maximum absolute atomic E-state index is 14.0. The molecule has 5 rings (SSSR count). The van der Waals surface area contributed by atoms with Crippen molar-refractivity contribution in [1.29, 1.82) is 0 Å². The number of methoxy groups -OCH3 is 1. The Morgan fingerprint density at radius 2 is 2.14 bits per heavy atom. The number of aromatic nitrogens is 2. The van der Waals surface area contributed by atoms with Crippen LogP contribution in [0.3, 0.4) is 0 Å². The Kier molecular flexibility index (Phi) is 2.16. The Bertz CT molecular complexity index is 807. The normalized spacial score (nSPS) is 36.5. The number of nitrogens with zero attached hydrogens (tertiary/aromatic N) is 2. The van der Waals surface area contributed by atoms with E-state index in [1.807, 2.05) is 12.1 Å². The van der Waals surface area contributed by atoms with Crippen molar-refractivity contribution in [3.8, 4) is 11.3 Å². The molecule has 1 aromatic carbocycles. The molecule has 1 heterocycles. The first-order valence-electron chi connectivity index (χ1n) is 7.79. The molecule has 0 aliphatic heterocycles. The van der Waals surface area contributed by atoms with Crippen molar-refractivity contribution in [2.45, 2.75) is 24.7 Å². The fraction of sp³-hybridized carbons (Fsp3) is 0.444. The lowest BCUT2D eigenvalue weighted by Gasteiger charge is -2.20. The molecule has 0 radical (unpaired) electrons. The second kappa shape index (κ2) is 3.74. The van der Waals surface area contributed by atoms with Crippen molar-refractivity contribution >= 4 is 0 Å². The second-order valence-corrected chi connectivity index (χ2v) is 6.94. The van der Waals surface area contributed by atoms with Crippen LogP contribution in [0.5, 0.6) is 0 Å². The van der Waals surface area contributed by atoms with Gasteiger partial charge in [0.15, 0.2) is 0 Å². The van der Waals surface area contributed by atoms with E-state index in [0.29, 0.717) is 22.6 Å². The Balaban J connectivity index is 1.64. The highest BCUT2D eigenvalue weighted by molar-refractivity contribution is 5.66. The van der Waals surface area contributed by atoms with Crippen molar-refractivity contribution in [2.24, 2.45) is 11.3 Å². The number of rotatable bonds is 3. The van der Waals surface area contributed by atoms with E-state index in [1.54, 1.807) is 19.2 Å². The molecule has 4 heteroatoms. The fourth-order valence-corrected chi connectivity index (χ4v) is 5.16. The highest BCUT2D eigenvalue weighted by Crippen LogP contribution is 2.95. The van der Waals surface area contributed by atoms with E-state index in [0.717, 1.165) is 18.2 Å². The molecule has 2 aromatic rings. The average Bonchev–Trinajstić information content (AvgIpc) is 3.39. The van der Waals surface area contributed by atoms with Crippen LogP contribution in [0, 0.1) is 17.2 Å².